The van der Waals surface area contributed by atoms with Crippen molar-refractivity contribution in [2.45, 2.75) is 58.5 Å². The molecule has 1 rings (SSSR count). The minimum Gasteiger partial charge on any atom is -0.481 e. The summed E-state index contributed by atoms with van der Waals surface area (Å²) in [6.07, 6.45) is 2.48. The Kier molecular flexibility index (Phi) is 6.45. The number of carboxylic acid groups (broad SMARTS) is 1. The van der Waals surface area contributed by atoms with E-state index in [1.165, 1.54) is 12.8 Å². The molecule has 0 saturated heterocycles. The Balaban J connectivity index is 2.42. The third-order valence-corrected chi connectivity index (χ3v) is 3.75. The summed E-state index contributed by atoms with van der Waals surface area (Å²) in [4.78, 5) is 26.9. The van der Waals surface area contributed by atoms with Crippen LogP contribution in [0.2, 0.25) is 0 Å². The molecule has 6 heteroatoms. The van der Waals surface area contributed by atoms with Gasteiger partial charge < -0.3 is 15.3 Å². The predicted octanol–water partition coefficient (Wildman–Crippen LogP) is 1.76. The Morgan fingerprint density at radius 1 is 1.24 bits per heavy atom. The van der Waals surface area contributed by atoms with Crippen LogP contribution in [0, 0.1) is 0 Å². The lowest BCUT2D eigenvalue weighted by Gasteiger charge is -2.35. The molecule has 0 bridgehead atoms. The molecule has 0 heterocycles. The molecule has 1 aliphatic rings. The number of nitrogens with zero attached hydrogens (tertiary/aromatic N) is 2. The van der Waals surface area contributed by atoms with Crippen LogP contribution in [0.25, 0.3) is 0 Å². The van der Waals surface area contributed by atoms with Crippen molar-refractivity contribution in [1.82, 2.24) is 15.1 Å². The summed E-state index contributed by atoms with van der Waals surface area (Å²) in [5.74, 6) is -0.886. The van der Waals surface area contributed by atoms with E-state index in [1.807, 2.05) is 20.8 Å². The highest BCUT2D eigenvalue weighted by Gasteiger charge is 2.29. The zero-order valence-electron chi connectivity index (χ0n) is 13.7. The topological polar surface area (TPSA) is 72.9 Å². The van der Waals surface area contributed by atoms with Crippen molar-refractivity contribution in [2.24, 2.45) is 0 Å². The third kappa shape index (κ3) is 6.33. The molecule has 0 unspecified atom stereocenters. The van der Waals surface area contributed by atoms with Gasteiger partial charge in [0.1, 0.15) is 0 Å². The first kappa shape index (κ1) is 17.8. The molecule has 21 heavy (non-hydrogen) atoms. The normalized spacial score (nSPS) is 15.1. The highest BCUT2D eigenvalue weighted by Crippen LogP contribution is 2.25. The van der Waals surface area contributed by atoms with E-state index in [2.05, 4.69) is 17.1 Å². The molecule has 0 aromatic heterocycles. The maximum absolute atomic E-state index is 12.3. The van der Waals surface area contributed by atoms with Gasteiger partial charge in [-0.1, -0.05) is 6.92 Å². The maximum atomic E-state index is 12.3. The van der Waals surface area contributed by atoms with Crippen molar-refractivity contribution >= 4 is 12.0 Å². The summed E-state index contributed by atoms with van der Waals surface area (Å²) in [5.41, 5.74) is -0.388. The first-order valence-electron chi connectivity index (χ1n) is 7.77. The highest BCUT2D eigenvalue weighted by atomic mass is 16.4. The Morgan fingerprint density at radius 3 is 2.29 bits per heavy atom. The quantitative estimate of drug-likeness (QED) is 0.716. The van der Waals surface area contributed by atoms with Gasteiger partial charge in [-0.2, -0.15) is 0 Å². The second kappa shape index (κ2) is 7.64. The second-order valence-corrected chi connectivity index (χ2v) is 6.56. The standard InChI is InChI=1S/C15H29N3O3/c1-5-17(12-6-7-12)11-9-16-14(21)18(15(2,3)4)10-8-13(19)20/h12H,5-11H2,1-4H3,(H,16,21)(H,19,20). The van der Waals surface area contributed by atoms with Crippen molar-refractivity contribution in [1.29, 1.82) is 0 Å². The van der Waals surface area contributed by atoms with E-state index in [1.54, 1.807) is 4.90 Å². The number of aliphatic carboxylic acids is 1. The number of amides is 2. The van der Waals surface area contributed by atoms with Crippen LogP contribution in [0.3, 0.4) is 0 Å². The number of carboxylic acids is 1. The number of carbonyl (C=O) groups excluding carboxylic acids is 1. The minimum atomic E-state index is -0.886. The molecular weight excluding hydrogens is 270 g/mol. The Morgan fingerprint density at radius 2 is 1.86 bits per heavy atom. The van der Waals surface area contributed by atoms with Crippen LogP contribution in [-0.2, 0) is 4.79 Å². The lowest BCUT2D eigenvalue weighted by molar-refractivity contribution is -0.137. The van der Waals surface area contributed by atoms with E-state index in [0.29, 0.717) is 12.6 Å². The average molecular weight is 299 g/mol. The van der Waals surface area contributed by atoms with E-state index in [0.717, 1.165) is 13.1 Å². The van der Waals surface area contributed by atoms with Crippen LogP contribution in [0.15, 0.2) is 0 Å². The van der Waals surface area contributed by atoms with Gasteiger partial charge in [0.2, 0.25) is 0 Å². The van der Waals surface area contributed by atoms with Gasteiger partial charge in [0.25, 0.3) is 0 Å². The first-order valence-corrected chi connectivity index (χ1v) is 7.77. The number of hydrogen-bond donors (Lipinski definition) is 2. The summed E-state index contributed by atoms with van der Waals surface area (Å²) < 4.78 is 0. The van der Waals surface area contributed by atoms with Crippen molar-refractivity contribution < 1.29 is 14.7 Å². The Labute approximate surface area is 127 Å². The fourth-order valence-electron chi connectivity index (χ4n) is 2.39. The maximum Gasteiger partial charge on any atom is 0.317 e. The fourth-order valence-corrected chi connectivity index (χ4v) is 2.39. The minimum absolute atomic E-state index is 0.0339. The predicted molar refractivity (Wildman–Crippen MR) is 82.4 cm³/mol. The van der Waals surface area contributed by atoms with Crippen molar-refractivity contribution in [3.05, 3.63) is 0 Å². The van der Waals surface area contributed by atoms with E-state index < -0.39 is 5.97 Å². The number of nitrogens with one attached hydrogen (secondary N) is 1. The smallest absolute Gasteiger partial charge is 0.317 e. The van der Waals surface area contributed by atoms with Crippen molar-refractivity contribution in [3.63, 3.8) is 0 Å². The molecule has 1 fully saturated rings. The summed E-state index contributed by atoms with van der Waals surface area (Å²) in [5, 5.41) is 11.7. The van der Waals surface area contributed by atoms with Crippen LogP contribution in [0.1, 0.15) is 47.0 Å². The molecule has 0 radical (unpaired) electrons. The monoisotopic (exact) mass is 299 g/mol. The molecule has 122 valence electrons. The lowest BCUT2D eigenvalue weighted by Crippen LogP contribution is -2.52. The number of rotatable bonds is 8. The van der Waals surface area contributed by atoms with Gasteiger partial charge in [-0.05, 0) is 40.2 Å². The molecule has 6 nitrogen and oxygen atoms in total. The molecule has 1 aliphatic carbocycles. The lowest BCUT2D eigenvalue weighted by atomic mass is 10.1. The first-order chi connectivity index (χ1) is 9.75. The molecule has 0 spiro atoms. The van der Waals surface area contributed by atoms with Crippen molar-refractivity contribution in [2.75, 3.05) is 26.2 Å². The van der Waals surface area contributed by atoms with Crippen molar-refractivity contribution in [3.8, 4) is 0 Å². The van der Waals surface area contributed by atoms with Crippen LogP contribution in [-0.4, -0.2) is 64.7 Å². The average Bonchev–Trinajstić information content (AvgIpc) is 3.17. The number of hydrogen-bond acceptors (Lipinski definition) is 3. The molecule has 0 aromatic carbocycles. The van der Waals surface area contributed by atoms with E-state index in [-0.39, 0.29) is 24.5 Å². The third-order valence-electron chi connectivity index (χ3n) is 3.75. The van der Waals surface area contributed by atoms with Crippen LogP contribution < -0.4 is 5.32 Å². The van der Waals surface area contributed by atoms with Gasteiger partial charge in [-0.25, -0.2) is 4.79 Å². The Hall–Kier alpha value is -1.30. The molecule has 0 atom stereocenters. The van der Waals surface area contributed by atoms with Gasteiger partial charge in [0.05, 0.1) is 6.42 Å². The highest BCUT2D eigenvalue weighted by molar-refractivity contribution is 5.76. The van der Waals surface area contributed by atoms with E-state index in [4.69, 9.17) is 5.11 Å². The summed E-state index contributed by atoms with van der Waals surface area (Å²) >= 11 is 0. The zero-order chi connectivity index (χ0) is 16.0. The van der Waals surface area contributed by atoms with Crippen LogP contribution in [0.5, 0.6) is 0 Å². The SMILES string of the molecule is CCN(CCNC(=O)N(CCC(=O)O)C(C)(C)C)C1CC1. The van der Waals surface area contributed by atoms with Gasteiger partial charge in [-0.15, -0.1) is 0 Å². The van der Waals surface area contributed by atoms with Crippen LogP contribution >= 0.6 is 0 Å². The van der Waals surface area contributed by atoms with E-state index >= 15 is 0 Å². The van der Waals surface area contributed by atoms with Gasteiger partial charge in [0.15, 0.2) is 0 Å². The van der Waals surface area contributed by atoms with E-state index in [9.17, 15) is 9.59 Å². The number of urea groups is 1. The van der Waals surface area contributed by atoms with Gasteiger partial charge in [-0.3, -0.25) is 9.69 Å². The second-order valence-electron chi connectivity index (χ2n) is 6.56. The van der Waals surface area contributed by atoms with Gasteiger partial charge in [0, 0.05) is 31.2 Å². The number of likely N-dealkylation sites (N-methyl/N-ethyl adjacent to an activating group) is 1. The summed E-state index contributed by atoms with van der Waals surface area (Å²) in [6.45, 7) is 10.6. The molecule has 2 amide bonds. The molecule has 0 aromatic rings. The summed E-state index contributed by atoms with van der Waals surface area (Å²) in [6, 6.07) is 0.508. The zero-order valence-corrected chi connectivity index (χ0v) is 13.7. The molecule has 0 aliphatic heterocycles. The molecule has 2 N–H and O–H groups in total. The number of carbonyl (C=O) groups is 2. The fraction of sp³-hybridized carbons (Fsp3) is 0.867. The molecule has 1 saturated carbocycles. The molecular formula is C15H29N3O3. The van der Waals surface area contributed by atoms with Gasteiger partial charge >= 0.3 is 12.0 Å². The largest absolute Gasteiger partial charge is 0.481 e. The summed E-state index contributed by atoms with van der Waals surface area (Å²) in [7, 11) is 0. The Bertz CT molecular complexity index is 362. The van der Waals surface area contributed by atoms with Crippen LogP contribution in [0.4, 0.5) is 4.79 Å².